The first-order valence-electron chi connectivity index (χ1n) is 6.15. The van der Waals surface area contributed by atoms with E-state index in [1.807, 2.05) is 43.1 Å². The number of benzene rings is 1. The monoisotopic (exact) mass is 245 g/mol. The first-order valence-corrected chi connectivity index (χ1v) is 6.15. The van der Waals surface area contributed by atoms with Crippen molar-refractivity contribution in [3.63, 3.8) is 0 Å². The second kappa shape index (κ2) is 5.12. The Morgan fingerprint density at radius 1 is 1.28 bits per heavy atom. The lowest BCUT2D eigenvalue weighted by Crippen LogP contribution is -2.00. The van der Waals surface area contributed by atoms with Gasteiger partial charge in [0.15, 0.2) is 0 Å². The number of aromatic nitrogens is 2. The molecule has 4 nitrogen and oxygen atoms in total. The van der Waals surface area contributed by atoms with Crippen LogP contribution in [-0.4, -0.2) is 14.9 Å². The quantitative estimate of drug-likeness (QED) is 0.870. The highest BCUT2D eigenvalue weighted by atomic mass is 16.3. The molecular weight excluding hydrogens is 226 g/mol. The zero-order chi connectivity index (χ0) is 13.1. The SMILES string of the molecule is CCn1cc(NCc2cc(C)c(O)c(C)c2)cn1. The first kappa shape index (κ1) is 12.5. The summed E-state index contributed by atoms with van der Waals surface area (Å²) in [5, 5.41) is 17.3. The molecule has 96 valence electrons. The number of anilines is 1. The van der Waals surface area contributed by atoms with Gasteiger partial charge in [-0.1, -0.05) is 12.1 Å². The summed E-state index contributed by atoms with van der Waals surface area (Å²) in [6.45, 7) is 7.50. The van der Waals surface area contributed by atoms with Crippen LogP contribution in [0.15, 0.2) is 24.5 Å². The van der Waals surface area contributed by atoms with E-state index >= 15 is 0 Å². The van der Waals surface area contributed by atoms with Crippen LogP contribution in [0.25, 0.3) is 0 Å². The molecule has 1 aromatic heterocycles. The van der Waals surface area contributed by atoms with E-state index in [-0.39, 0.29) is 0 Å². The number of aromatic hydroxyl groups is 1. The summed E-state index contributed by atoms with van der Waals surface area (Å²) in [6, 6.07) is 4.00. The molecule has 0 radical (unpaired) electrons. The number of phenols is 1. The van der Waals surface area contributed by atoms with E-state index in [1.54, 1.807) is 0 Å². The van der Waals surface area contributed by atoms with Crippen molar-refractivity contribution < 1.29 is 5.11 Å². The van der Waals surface area contributed by atoms with Crippen LogP contribution in [0, 0.1) is 13.8 Å². The zero-order valence-corrected chi connectivity index (χ0v) is 11.1. The molecule has 0 saturated carbocycles. The highest BCUT2D eigenvalue weighted by Gasteiger charge is 2.04. The molecule has 0 fully saturated rings. The van der Waals surface area contributed by atoms with Gasteiger partial charge in [-0.2, -0.15) is 5.10 Å². The van der Waals surface area contributed by atoms with Gasteiger partial charge in [-0.05, 0) is 37.5 Å². The van der Waals surface area contributed by atoms with Crippen LogP contribution in [0.1, 0.15) is 23.6 Å². The summed E-state index contributed by atoms with van der Waals surface area (Å²) in [6.07, 6.45) is 3.81. The Morgan fingerprint density at radius 2 is 1.94 bits per heavy atom. The van der Waals surface area contributed by atoms with E-state index in [4.69, 9.17) is 0 Å². The number of hydrogen-bond donors (Lipinski definition) is 2. The van der Waals surface area contributed by atoms with Crippen LogP contribution in [0.2, 0.25) is 0 Å². The number of aryl methyl sites for hydroxylation is 3. The molecule has 0 bridgehead atoms. The van der Waals surface area contributed by atoms with Crippen LogP contribution < -0.4 is 5.32 Å². The number of phenolic OH excluding ortho intramolecular Hbond substituents is 1. The number of nitrogens with zero attached hydrogens (tertiary/aromatic N) is 2. The Kier molecular flexibility index (Phi) is 3.55. The van der Waals surface area contributed by atoms with Crippen molar-refractivity contribution in [1.82, 2.24) is 9.78 Å². The number of nitrogens with one attached hydrogen (secondary N) is 1. The van der Waals surface area contributed by atoms with Crippen molar-refractivity contribution in [2.45, 2.75) is 33.9 Å². The van der Waals surface area contributed by atoms with Crippen LogP contribution >= 0.6 is 0 Å². The number of hydrogen-bond acceptors (Lipinski definition) is 3. The van der Waals surface area contributed by atoms with E-state index in [1.165, 1.54) is 0 Å². The Hall–Kier alpha value is -1.97. The van der Waals surface area contributed by atoms with Crippen molar-refractivity contribution in [2.75, 3.05) is 5.32 Å². The second-order valence-electron chi connectivity index (χ2n) is 4.52. The van der Waals surface area contributed by atoms with E-state index in [9.17, 15) is 5.11 Å². The van der Waals surface area contributed by atoms with Crippen molar-refractivity contribution >= 4 is 5.69 Å². The van der Waals surface area contributed by atoms with Gasteiger partial charge < -0.3 is 10.4 Å². The van der Waals surface area contributed by atoms with E-state index in [2.05, 4.69) is 17.3 Å². The Morgan fingerprint density at radius 3 is 2.50 bits per heavy atom. The summed E-state index contributed by atoms with van der Waals surface area (Å²) in [5.41, 5.74) is 4.00. The molecule has 1 aromatic carbocycles. The molecule has 0 unspecified atom stereocenters. The zero-order valence-electron chi connectivity index (χ0n) is 11.1. The maximum Gasteiger partial charge on any atom is 0.121 e. The topological polar surface area (TPSA) is 50.1 Å². The maximum atomic E-state index is 9.72. The van der Waals surface area contributed by atoms with Crippen LogP contribution in [0.3, 0.4) is 0 Å². The van der Waals surface area contributed by atoms with Crippen molar-refractivity contribution in [3.8, 4) is 5.75 Å². The Labute approximate surface area is 107 Å². The predicted molar refractivity (Wildman–Crippen MR) is 72.8 cm³/mol. The molecule has 0 aliphatic rings. The molecule has 18 heavy (non-hydrogen) atoms. The van der Waals surface area contributed by atoms with Crippen molar-refractivity contribution in [1.29, 1.82) is 0 Å². The molecule has 2 rings (SSSR count). The standard InChI is InChI=1S/C14H19N3O/c1-4-17-9-13(8-16-17)15-7-12-5-10(2)14(18)11(3)6-12/h5-6,8-9,15,18H,4,7H2,1-3H3. The van der Waals surface area contributed by atoms with Crippen molar-refractivity contribution in [3.05, 3.63) is 41.2 Å². The fourth-order valence-electron chi connectivity index (χ4n) is 1.98. The van der Waals surface area contributed by atoms with Gasteiger partial charge in [0.25, 0.3) is 0 Å². The molecular formula is C14H19N3O. The van der Waals surface area contributed by atoms with E-state index in [0.717, 1.165) is 35.5 Å². The minimum atomic E-state index is 0.387. The molecule has 0 aliphatic heterocycles. The molecule has 0 saturated heterocycles. The van der Waals surface area contributed by atoms with Gasteiger partial charge in [0.1, 0.15) is 5.75 Å². The van der Waals surface area contributed by atoms with E-state index in [0.29, 0.717) is 5.75 Å². The first-order chi connectivity index (χ1) is 8.60. The Bertz CT molecular complexity index is 523. The van der Waals surface area contributed by atoms with Gasteiger partial charge in [0.05, 0.1) is 11.9 Å². The van der Waals surface area contributed by atoms with Gasteiger partial charge in [0, 0.05) is 19.3 Å². The lowest BCUT2D eigenvalue weighted by Gasteiger charge is -2.08. The minimum Gasteiger partial charge on any atom is -0.507 e. The van der Waals surface area contributed by atoms with Gasteiger partial charge in [0.2, 0.25) is 0 Å². The highest BCUT2D eigenvalue weighted by Crippen LogP contribution is 2.23. The summed E-state index contributed by atoms with van der Waals surface area (Å²) in [4.78, 5) is 0. The van der Waals surface area contributed by atoms with Crippen LogP contribution in [0.4, 0.5) is 5.69 Å². The van der Waals surface area contributed by atoms with Gasteiger partial charge in [-0.25, -0.2) is 0 Å². The third-order valence-corrected chi connectivity index (χ3v) is 3.00. The molecule has 0 aliphatic carbocycles. The minimum absolute atomic E-state index is 0.387. The third-order valence-electron chi connectivity index (χ3n) is 3.00. The van der Waals surface area contributed by atoms with Gasteiger partial charge in [-0.15, -0.1) is 0 Å². The summed E-state index contributed by atoms with van der Waals surface area (Å²) in [7, 11) is 0. The normalized spacial score (nSPS) is 10.6. The summed E-state index contributed by atoms with van der Waals surface area (Å²) < 4.78 is 1.88. The predicted octanol–water partition coefficient (Wildman–Crippen LogP) is 2.84. The molecule has 0 spiro atoms. The molecule has 2 N–H and O–H groups in total. The Balaban J connectivity index is 2.06. The van der Waals surface area contributed by atoms with Crippen molar-refractivity contribution in [2.24, 2.45) is 0 Å². The molecule has 2 aromatic rings. The molecule has 1 heterocycles. The smallest absolute Gasteiger partial charge is 0.121 e. The fraction of sp³-hybridized carbons (Fsp3) is 0.357. The van der Waals surface area contributed by atoms with Gasteiger partial charge in [-0.3, -0.25) is 4.68 Å². The average Bonchev–Trinajstić information content (AvgIpc) is 2.81. The molecule has 0 atom stereocenters. The van der Waals surface area contributed by atoms with Crippen LogP contribution in [0.5, 0.6) is 5.75 Å². The summed E-state index contributed by atoms with van der Waals surface area (Å²) in [5.74, 6) is 0.387. The third kappa shape index (κ3) is 2.64. The van der Waals surface area contributed by atoms with Gasteiger partial charge >= 0.3 is 0 Å². The second-order valence-corrected chi connectivity index (χ2v) is 4.52. The fourth-order valence-corrected chi connectivity index (χ4v) is 1.98. The molecule has 4 heteroatoms. The summed E-state index contributed by atoms with van der Waals surface area (Å²) >= 11 is 0. The highest BCUT2D eigenvalue weighted by molar-refractivity contribution is 5.44. The average molecular weight is 245 g/mol. The van der Waals surface area contributed by atoms with Crippen LogP contribution in [-0.2, 0) is 13.1 Å². The molecule has 0 amide bonds. The lowest BCUT2D eigenvalue weighted by atomic mass is 10.1. The maximum absolute atomic E-state index is 9.72. The lowest BCUT2D eigenvalue weighted by molar-refractivity contribution is 0.466. The largest absolute Gasteiger partial charge is 0.507 e. The number of rotatable bonds is 4. The van der Waals surface area contributed by atoms with E-state index < -0.39 is 0 Å².